The summed E-state index contributed by atoms with van der Waals surface area (Å²) < 4.78 is 17.2. The van der Waals surface area contributed by atoms with Crippen molar-refractivity contribution in [3.05, 3.63) is 0 Å². The first kappa shape index (κ1) is 34.4. The number of rotatable bonds is 8. The number of carbonyl (C=O) groups excluding carboxylic acids is 4. The molecule has 17 unspecified atom stereocenters. The highest BCUT2D eigenvalue weighted by molar-refractivity contribution is 5.97. The fraction of sp³-hybridized carbons (Fsp3) is 0.897. The third-order valence-electron chi connectivity index (χ3n) is 15.1. The Morgan fingerprint density at radius 3 is 1.92 bits per heavy atom. The molecule has 9 saturated carbocycles. The van der Waals surface area contributed by atoms with Crippen molar-refractivity contribution in [1.29, 1.82) is 0 Å². The Balaban J connectivity index is 1.27. The summed E-state index contributed by atoms with van der Waals surface area (Å²) in [7, 11) is 0. The lowest BCUT2D eigenvalue weighted by atomic mass is 9.41. The van der Waals surface area contributed by atoms with Gasteiger partial charge in [-0.2, -0.15) is 0 Å². The maximum Gasteiger partial charge on any atom is 0.317 e. The molecular formula is C39H58O9. The van der Waals surface area contributed by atoms with Crippen LogP contribution in [-0.4, -0.2) is 59.5 Å². The molecule has 1 heterocycles. The normalized spacial score (nSPS) is 48.0. The molecule has 10 rings (SSSR count). The van der Waals surface area contributed by atoms with Crippen molar-refractivity contribution in [2.24, 2.45) is 101 Å². The van der Waals surface area contributed by atoms with Crippen LogP contribution in [0.4, 0.5) is 0 Å². The maximum atomic E-state index is 14.1. The summed E-state index contributed by atoms with van der Waals surface area (Å²) in [4.78, 5) is 55.1. The summed E-state index contributed by atoms with van der Waals surface area (Å²) in [6.45, 7) is 10.2. The second kappa shape index (κ2) is 13.0. The Hall–Kier alpha value is -2.00. The summed E-state index contributed by atoms with van der Waals surface area (Å²) in [5.41, 5.74) is -0.603. The van der Waals surface area contributed by atoms with Crippen molar-refractivity contribution < 1.29 is 43.6 Å². The van der Waals surface area contributed by atoms with Gasteiger partial charge >= 0.3 is 23.9 Å². The summed E-state index contributed by atoms with van der Waals surface area (Å²) in [6.07, 6.45) is 8.23. The van der Waals surface area contributed by atoms with Gasteiger partial charge in [-0.05, 0) is 155 Å². The SMILES string of the molecule is CC1C2CCC(C(CO)C2)C1C1C(=O)OC(=O)C1C1C2CCC(C(C(=O)OC(C)(C)C)C2)C1C1C2CCC(C(C(=O)OCCO)C2)C1C. The van der Waals surface area contributed by atoms with Crippen LogP contribution in [0.5, 0.6) is 0 Å². The highest BCUT2D eigenvalue weighted by Crippen LogP contribution is 2.66. The first-order chi connectivity index (χ1) is 22.8. The minimum atomic E-state index is -0.603. The minimum Gasteiger partial charge on any atom is -0.463 e. The van der Waals surface area contributed by atoms with Crippen LogP contribution in [0.25, 0.3) is 0 Å². The van der Waals surface area contributed by atoms with E-state index in [0.29, 0.717) is 12.3 Å². The molecule has 6 bridgehead atoms. The number of carbonyl (C=O) groups is 4. The fourth-order valence-electron chi connectivity index (χ4n) is 13.6. The number of esters is 4. The van der Waals surface area contributed by atoms with Gasteiger partial charge in [-0.1, -0.05) is 13.8 Å². The minimum absolute atomic E-state index is 0.00672. The topological polar surface area (TPSA) is 136 Å². The average Bonchev–Trinajstić information content (AvgIpc) is 3.35. The molecule has 9 aliphatic carbocycles. The quantitative estimate of drug-likeness (QED) is 0.207. The lowest BCUT2D eigenvalue weighted by molar-refractivity contribution is -0.189. The van der Waals surface area contributed by atoms with Crippen molar-refractivity contribution in [3.8, 4) is 0 Å². The van der Waals surface area contributed by atoms with Crippen LogP contribution in [0.2, 0.25) is 0 Å². The Bertz CT molecular complexity index is 1270. The zero-order valence-corrected chi connectivity index (χ0v) is 29.6. The van der Waals surface area contributed by atoms with Crippen molar-refractivity contribution >= 4 is 23.9 Å². The summed E-state index contributed by atoms with van der Waals surface area (Å²) >= 11 is 0. The largest absolute Gasteiger partial charge is 0.463 e. The zero-order valence-electron chi connectivity index (χ0n) is 29.6. The molecule has 0 aromatic heterocycles. The van der Waals surface area contributed by atoms with E-state index in [1.807, 2.05) is 20.8 Å². The van der Waals surface area contributed by atoms with Crippen LogP contribution in [-0.2, 0) is 33.4 Å². The van der Waals surface area contributed by atoms with Crippen molar-refractivity contribution in [1.82, 2.24) is 0 Å². The lowest BCUT2D eigenvalue weighted by Gasteiger charge is -2.62. The van der Waals surface area contributed by atoms with Crippen LogP contribution in [0.15, 0.2) is 0 Å². The van der Waals surface area contributed by atoms with Gasteiger partial charge in [-0.3, -0.25) is 19.2 Å². The highest BCUT2D eigenvalue weighted by atomic mass is 16.6. The molecule has 1 aliphatic heterocycles. The molecule has 9 heteroatoms. The molecule has 1 saturated heterocycles. The monoisotopic (exact) mass is 670 g/mol. The van der Waals surface area contributed by atoms with E-state index in [1.165, 1.54) is 0 Å². The number of hydrogen-bond acceptors (Lipinski definition) is 9. The third kappa shape index (κ3) is 5.65. The molecular weight excluding hydrogens is 612 g/mol. The van der Waals surface area contributed by atoms with Crippen LogP contribution in [0, 0.1) is 101 Å². The van der Waals surface area contributed by atoms with Gasteiger partial charge in [-0.15, -0.1) is 0 Å². The molecule has 0 radical (unpaired) electrons. The van der Waals surface area contributed by atoms with E-state index in [1.54, 1.807) is 0 Å². The number of cyclic esters (lactones) is 2. The molecule has 2 N–H and O–H groups in total. The summed E-state index contributed by atoms with van der Waals surface area (Å²) in [5, 5.41) is 19.7. The maximum absolute atomic E-state index is 14.1. The second-order valence-corrected chi connectivity index (χ2v) is 18.1. The predicted molar refractivity (Wildman–Crippen MR) is 174 cm³/mol. The van der Waals surface area contributed by atoms with Gasteiger partial charge in [0.1, 0.15) is 12.2 Å². The Labute approximate surface area is 285 Å². The molecule has 17 atom stereocenters. The number of aliphatic hydroxyl groups excluding tert-OH is 2. The van der Waals surface area contributed by atoms with Crippen LogP contribution < -0.4 is 0 Å². The van der Waals surface area contributed by atoms with E-state index >= 15 is 0 Å². The van der Waals surface area contributed by atoms with Crippen molar-refractivity contribution in [2.75, 3.05) is 19.8 Å². The van der Waals surface area contributed by atoms with Crippen LogP contribution >= 0.6 is 0 Å². The standard InChI is InChI=1S/C39H58O9/c1-18-20-6-10-25(23(14-20)17-41)30(18)33-34(38(45)47-37(33)44)31-22-8-11-26(28(16-22)36(43)48-39(3,4)5)32(31)29-19(2)24-9-7-21(29)15-27(24)35(42)46-13-12-40/h18-34,40-41H,6-17H2,1-5H3. The molecule has 0 amide bonds. The Morgan fingerprint density at radius 2 is 1.29 bits per heavy atom. The van der Waals surface area contributed by atoms with E-state index < -0.39 is 17.4 Å². The van der Waals surface area contributed by atoms with Gasteiger partial charge in [0, 0.05) is 6.61 Å². The van der Waals surface area contributed by atoms with E-state index in [-0.39, 0.29) is 127 Å². The molecule has 10 fully saturated rings. The average molecular weight is 671 g/mol. The van der Waals surface area contributed by atoms with Gasteiger partial charge in [0.05, 0.1) is 30.3 Å². The molecule has 0 spiro atoms. The van der Waals surface area contributed by atoms with Gasteiger partial charge in [0.25, 0.3) is 0 Å². The molecule has 0 aromatic carbocycles. The van der Waals surface area contributed by atoms with Crippen molar-refractivity contribution in [3.63, 3.8) is 0 Å². The zero-order chi connectivity index (χ0) is 34.2. The number of aliphatic hydroxyl groups is 2. The Morgan fingerprint density at radius 1 is 0.708 bits per heavy atom. The molecule has 9 nitrogen and oxygen atoms in total. The lowest BCUT2D eigenvalue weighted by Crippen LogP contribution is -2.60. The number of fused-ring (bicyclic) bond motifs is 10. The number of hydrogen-bond donors (Lipinski definition) is 2. The third-order valence-corrected chi connectivity index (χ3v) is 15.1. The van der Waals surface area contributed by atoms with Gasteiger partial charge in [-0.25, -0.2) is 0 Å². The van der Waals surface area contributed by atoms with Gasteiger partial charge in [0.2, 0.25) is 0 Å². The smallest absolute Gasteiger partial charge is 0.317 e. The van der Waals surface area contributed by atoms with Crippen molar-refractivity contribution in [2.45, 2.75) is 98.0 Å². The molecule has 10 aliphatic rings. The molecule has 0 aromatic rings. The molecule has 48 heavy (non-hydrogen) atoms. The Kier molecular flexibility index (Phi) is 9.30. The predicted octanol–water partition coefficient (Wildman–Crippen LogP) is 5.05. The van der Waals surface area contributed by atoms with Crippen LogP contribution in [0.1, 0.15) is 92.4 Å². The first-order valence-corrected chi connectivity index (χ1v) is 19.2. The highest BCUT2D eigenvalue weighted by Gasteiger charge is 2.66. The summed E-state index contributed by atoms with van der Waals surface area (Å²) in [6, 6.07) is 0. The van der Waals surface area contributed by atoms with Crippen LogP contribution in [0.3, 0.4) is 0 Å². The molecule has 268 valence electrons. The van der Waals surface area contributed by atoms with E-state index in [4.69, 9.17) is 14.2 Å². The fourth-order valence-corrected chi connectivity index (χ4v) is 13.6. The van der Waals surface area contributed by atoms with E-state index in [9.17, 15) is 29.4 Å². The van der Waals surface area contributed by atoms with Gasteiger partial charge in [0.15, 0.2) is 0 Å². The van der Waals surface area contributed by atoms with Gasteiger partial charge < -0.3 is 24.4 Å². The van der Waals surface area contributed by atoms with E-state index in [2.05, 4.69) is 13.8 Å². The second-order valence-electron chi connectivity index (χ2n) is 18.1. The number of ether oxygens (including phenoxy) is 3. The summed E-state index contributed by atoms with van der Waals surface area (Å²) in [5.74, 6) is -0.665. The van der Waals surface area contributed by atoms with E-state index in [0.717, 1.165) is 51.4 Å². The first-order valence-electron chi connectivity index (χ1n) is 19.2.